The summed E-state index contributed by atoms with van der Waals surface area (Å²) in [7, 11) is 0. The summed E-state index contributed by atoms with van der Waals surface area (Å²) in [4.78, 5) is 9.87. The van der Waals surface area contributed by atoms with Crippen molar-refractivity contribution in [2.75, 3.05) is 5.73 Å². The summed E-state index contributed by atoms with van der Waals surface area (Å²) in [5, 5.41) is 0. The maximum absolute atomic E-state index is 12.5. The van der Waals surface area contributed by atoms with E-state index in [4.69, 9.17) is 5.73 Å². The molecule has 0 heterocycles. The van der Waals surface area contributed by atoms with Gasteiger partial charge in [-0.05, 0) is 24.1 Å². The molecule has 0 amide bonds. The fourth-order valence-corrected chi connectivity index (χ4v) is 0.755. The quantitative estimate of drug-likeness (QED) is 0.351. The Hall–Kier alpha value is -1.82. The highest BCUT2D eigenvalue weighted by atomic mass is 19.1. The molecule has 1 aromatic rings. The van der Waals surface area contributed by atoms with Crippen molar-refractivity contribution >= 4 is 12.0 Å². The topological polar surface area (TPSA) is 43.1 Å². The van der Waals surface area contributed by atoms with E-state index in [2.05, 4.69) is 11.8 Å². The molecule has 0 aliphatic carbocycles. The van der Waals surface area contributed by atoms with Crippen LogP contribution in [0.5, 0.6) is 0 Å². The van der Waals surface area contributed by atoms with E-state index >= 15 is 0 Å². The molecule has 0 spiro atoms. The van der Waals surface area contributed by atoms with Crippen LogP contribution in [0.3, 0.4) is 0 Å². The Morgan fingerprint density at radius 2 is 2.25 bits per heavy atom. The second-order valence-corrected chi connectivity index (χ2v) is 2.12. The minimum atomic E-state index is -0.413. The van der Waals surface area contributed by atoms with Gasteiger partial charge in [-0.2, -0.15) is 0 Å². The zero-order chi connectivity index (χ0) is 8.97. The van der Waals surface area contributed by atoms with Crippen molar-refractivity contribution in [1.82, 2.24) is 0 Å². The largest absolute Gasteiger partial charge is 0.398 e. The minimum absolute atomic E-state index is 0.240. The SMILES string of the molecule is Nc1cc(F)ccc1C#CC=O. The summed E-state index contributed by atoms with van der Waals surface area (Å²) in [5.41, 5.74) is 6.11. The first-order valence-corrected chi connectivity index (χ1v) is 3.24. The summed E-state index contributed by atoms with van der Waals surface area (Å²) in [6.07, 6.45) is 0.461. The van der Waals surface area contributed by atoms with Crippen LogP contribution in [0.25, 0.3) is 0 Å². The van der Waals surface area contributed by atoms with Crippen molar-refractivity contribution in [3.63, 3.8) is 0 Å². The molecule has 0 atom stereocenters. The third kappa shape index (κ3) is 1.83. The van der Waals surface area contributed by atoms with Gasteiger partial charge in [0.15, 0.2) is 6.29 Å². The van der Waals surface area contributed by atoms with E-state index in [1.54, 1.807) is 0 Å². The van der Waals surface area contributed by atoms with Gasteiger partial charge < -0.3 is 5.73 Å². The lowest BCUT2D eigenvalue weighted by molar-refractivity contribution is -0.103. The molecule has 0 saturated carbocycles. The van der Waals surface area contributed by atoms with Crippen LogP contribution >= 0.6 is 0 Å². The smallest absolute Gasteiger partial charge is 0.193 e. The number of carbonyl (C=O) groups is 1. The van der Waals surface area contributed by atoms with Gasteiger partial charge in [0.1, 0.15) is 5.82 Å². The van der Waals surface area contributed by atoms with Gasteiger partial charge in [0.2, 0.25) is 0 Å². The highest BCUT2D eigenvalue weighted by molar-refractivity contribution is 5.75. The molecule has 0 saturated heterocycles. The molecule has 3 heteroatoms. The number of aldehydes is 1. The number of hydrogen-bond donors (Lipinski definition) is 1. The second kappa shape index (κ2) is 3.54. The summed E-state index contributed by atoms with van der Waals surface area (Å²) < 4.78 is 12.5. The normalized spacial score (nSPS) is 8.42. The van der Waals surface area contributed by atoms with Gasteiger partial charge in [-0.15, -0.1) is 0 Å². The highest BCUT2D eigenvalue weighted by Gasteiger charge is 1.95. The third-order valence-electron chi connectivity index (χ3n) is 1.28. The van der Waals surface area contributed by atoms with E-state index < -0.39 is 5.82 Å². The molecule has 0 aliphatic rings. The first-order valence-electron chi connectivity index (χ1n) is 3.24. The van der Waals surface area contributed by atoms with Crippen LogP contribution in [0.4, 0.5) is 10.1 Å². The summed E-state index contributed by atoms with van der Waals surface area (Å²) in [5.74, 6) is 4.26. The fourth-order valence-electron chi connectivity index (χ4n) is 0.755. The molecule has 1 aromatic carbocycles. The van der Waals surface area contributed by atoms with Gasteiger partial charge in [-0.25, -0.2) is 4.39 Å². The maximum atomic E-state index is 12.5. The summed E-state index contributed by atoms with van der Waals surface area (Å²) >= 11 is 0. The van der Waals surface area contributed by atoms with Crippen LogP contribution in [0.1, 0.15) is 5.56 Å². The molecule has 0 aliphatic heterocycles. The molecule has 0 radical (unpaired) electrons. The number of nitrogen functional groups attached to an aromatic ring is 1. The fraction of sp³-hybridized carbons (Fsp3) is 0. The Kier molecular flexibility index (Phi) is 2.44. The van der Waals surface area contributed by atoms with Gasteiger partial charge in [0, 0.05) is 5.56 Å². The molecule has 2 nitrogen and oxygen atoms in total. The minimum Gasteiger partial charge on any atom is -0.398 e. The van der Waals surface area contributed by atoms with Crippen LogP contribution in [-0.2, 0) is 4.79 Å². The van der Waals surface area contributed by atoms with Crippen molar-refractivity contribution in [2.45, 2.75) is 0 Å². The molecule has 0 unspecified atom stereocenters. The number of benzene rings is 1. The molecule has 12 heavy (non-hydrogen) atoms. The zero-order valence-corrected chi connectivity index (χ0v) is 6.17. The van der Waals surface area contributed by atoms with Crippen molar-refractivity contribution in [3.8, 4) is 11.8 Å². The van der Waals surface area contributed by atoms with Gasteiger partial charge in [-0.1, -0.05) is 5.92 Å². The second-order valence-electron chi connectivity index (χ2n) is 2.12. The Balaban J connectivity index is 3.09. The van der Waals surface area contributed by atoms with E-state index in [9.17, 15) is 9.18 Å². The lowest BCUT2D eigenvalue weighted by atomic mass is 10.2. The zero-order valence-electron chi connectivity index (χ0n) is 6.17. The standard InChI is InChI=1S/C9H6FNO/c10-8-4-3-7(2-1-5-12)9(11)6-8/h3-6H,11H2. The number of nitrogens with two attached hydrogens (primary N) is 1. The van der Waals surface area contributed by atoms with Gasteiger partial charge in [0.25, 0.3) is 0 Å². The first kappa shape index (κ1) is 8.28. The van der Waals surface area contributed by atoms with E-state index in [1.165, 1.54) is 12.1 Å². The average Bonchev–Trinajstić information content (AvgIpc) is 2.03. The van der Waals surface area contributed by atoms with Crippen LogP contribution in [0.2, 0.25) is 0 Å². The Labute approximate surface area is 69.2 Å². The van der Waals surface area contributed by atoms with E-state index in [1.807, 2.05) is 0 Å². The average molecular weight is 163 g/mol. The molecule has 60 valence electrons. The number of carbonyl (C=O) groups excluding carboxylic acids is 1. The van der Waals surface area contributed by atoms with Gasteiger partial charge >= 0.3 is 0 Å². The lowest BCUT2D eigenvalue weighted by Gasteiger charge is -1.95. The molecular weight excluding hydrogens is 157 g/mol. The molecule has 0 aromatic heterocycles. The van der Waals surface area contributed by atoms with Crippen LogP contribution in [-0.4, -0.2) is 6.29 Å². The third-order valence-corrected chi connectivity index (χ3v) is 1.28. The predicted octanol–water partition coefficient (Wildman–Crippen LogP) is 0.958. The molecular formula is C9H6FNO. The van der Waals surface area contributed by atoms with E-state index in [-0.39, 0.29) is 5.69 Å². The number of rotatable bonds is 0. The van der Waals surface area contributed by atoms with Crippen LogP contribution in [0.15, 0.2) is 18.2 Å². The van der Waals surface area contributed by atoms with Crippen LogP contribution in [0, 0.1) is 17.7 Å². The maximum Gasteiger partial charge on any atom is 0.193 e. The molecule has 2 N–H and O–H groups in total. The first-order chi connectivity index (χ1) is 5.74. The van der Waals surface area contributed by atoms with Crippen LogP contribution < -0.4 is 5.73 Å². The molecule has 0 bridgehead atoms. The highest BCUT2D eigenvalue weighted by Crippen LogP contribution is 2.11. The number of hydrogen-bond acceptors (Lipinski definition) is 2. The molecule has 0 fully saturated rings. The Morgan fingerprint density at radius 1 is 1.50 bits per heavy atom. The Bertz CT molecular complexity index is 363. The van der Waals surface area contributed by atoms with Gasteiger partial charge in [0.05, 0.1) is 5.69 Å². The van der Waals surface area contributed by atoms with Crippen molar-refractivity contribution in [2.24, 2.45) is 0 Å². The summed E-state index contributed by atoms with van der Waals surface area (Å²) in [6.45, 7) is 0. The van der Waals surface area contributed by atoms with E-state index in [0.717, 1.165) is 6.07 Å². The number of halogens is 1. The summed E-state index contributed by atoms with van der Waals surface area (Å²) in [6, 6.07) is 3.83. The number of anilines is 1. The van der Waals surface area contributed by atoms with Crippen molar-refractivity contribution in [1.29, 1.82) is 0 Å². The Morgan fingerprint density at radius 3 is 2.83 bits per heavy atom. The van der Waals surface area contributed by atoms with Gasteiger partial charge in [-0.3, -0.25) is 4.79 Å². The monoisotopic (exact) mass is 163 g/mol. The van der Waals surface area contributed by atoms with Crippen molar-refractivity contribution < 1.29 is 9.18 Å². The van der Waals surface area contributed by atoms with Crippen molar-refractivity contribution in [3.05, 3.63) is 29.6 Å². The van der Waals surface area contributed by atoms with E-state index in [0.29, 0.717) is 11.8 Å². The molecule has 1 rings (SSSR count). The lowest BCUT2D eigenvalue weighted by Crippen LogP contribution is -1.90. The predicted molar refractivity (Wildman–Crippen MR) is 43.8 cm³/mol.